The van der Waals surface area contributed by atoms with Crippen LogP contribution in [0, 0.1) is 29.6 Å². The van der Waals surface area contributed by atoms with Crippen LogP contribution < -0.4 is 0 Å². The summed E-state index contributed by atoms with van der Waals surface area (Å²) in [6.45, 7) is 2.83. The zero-order valence-electron chi connectivity index (χ0n) is 10.7. The molecule has 96 valence electrons. The average Bonchev–Trinajstić information content (AvgIpc) is 2.73. The molecule has 18 heavy (non-hydrogen) atoms. The van der Waals surface area contributed by atoms with E-state index in [-0.39, 0.29) is 0 Å². The molecule has 4 rings (SSSR count). The molecule has 3 saturated carbocycles. The molecule has 1 heterocycles. The van der Waals surface area contributed by atoms with E-state index in [9.17, 15) is 4.79 Å². The lowest BCUT2D eigenvalue weighted by Crippen LogP contribution is -2.15. The molecule has 1 aromatic rings. The molecule has 0 saturated heterocycles. The number of hydrogen-bond donors (Lipinski definition) is 0. The van der Waals surface area contributed by atoms with E-state index in [0.717, 1.165) is 36.0 Å². The molecule has 0 spiro atoms. The minimum absolute atomic E-state index is 0.373. The van der Waals surface area contributed by atoms with Gasteiger partial charge in [0, 0.05) is 12.5 Å². The molecule has 4 heteroatoms. The summed E-state index contributed by atoms with van der Waals surface area (Å²) in [6, 6.07) is 0. The highest BCUT2D eigenvalue weighted by Crippen LogP contribution is 2.69. The summed E-state index contributed by atoms with van der Waals surface area (Å²) in [7, 11) is 0. The van der Waals surface area contributed by atoms with Crippen molar-refractivity contribution < 1.29 is 4.79 Å². The first-order valence-electron chi connectivity index (χ1n) is 7.19. The van der Waals surface area contributed by atoms with Gasteiger partial charge < -0.3 is 0 Å². The Balaban J connectivity index is 1.47. The molecule has 0 amide bonds. The van der Waals surface area contributed by atoms with Crippen LogP contribution in [0.15, 0.2) is 6.33 Å². The maximum atomic E-state index is 12.4. The summed E-state index contributed by atoms with van der Waals surface area (Å²) >= 11 is 0. The third-order valence-corrected chi connectivity index (χ3v) is 5.43. The maximum absolute atomic E-state index is 12.4. The van der Waals surface area contributed by atoms with Gasteiger partial charge in [-0.25, -0.2) is 9.67 Å². The minimum Gasteiger partial charge on any atom is -0.299 e. The van der Waals surface area contributed by atoms with Crippen molar-refractivity contribution in [3.63, 3.8) is 0 Å². The minimum atomic E-state index is 0.373. The lowest BCUT2D eigenvalue weighted by molar-refractivity contribution is -0.120. The summed E-state index contributed by atoms with van der Waals surface area (Å²) in [6.07, 6.45) is 6.21. The molecule has 3 aliphatic rings. The Labute approximate surface area is 107 Å². The number of rotatable bonds is 4. The van der Waals surface area contributed by atoms with Crippen molar-refractivity contribution in [3.8, 4) is 0 Å². The van der Waals surface area contributed by atoms with Gasteiger partial charge in [-0.15, -0.1) is 0 Å². The van der Waals surface area contributed by atoms with E-state index < -0.39 is 0 Å². The molecule has 0 aliphatic heterocycles. The van der Waals surface area contributed by atoms with Crippen LogP contribution in [0.3, 0.4) is 0 Å². The van der Waals surface area contributed by atoms with E-state index in [1.165, 1.54) is 19.3 Å². The Kier molecular flexibility index (Phi) is 2.17. The zero-order chi connectivity index (χ0) is 12.3. The van der Waals surface area contributed by atoms with Crippen molar-refractivity contribution in [2.24, 2.45) is 29.6 Å². The largest absolute Gasteiger partial charge is 0.299 e. The van der Waals surface area contributed by atoms with Crippen molar-refractivity contribution in [2.45, 2.75) is 39.2 Å². The smallest absolute Gasteiger partial charge is 0.144 e. The van der Waals surface area contributed by atoms with Gasteiger partial charge in [0.05, 0.1) is 6.42 Å². The van der Waals surface area contributed by atoms with Crippen LogP contribution in [0.4, 0.5) is 0 Å². The molecular formula is C14H19N3O. The molecule has 3 aliphatic carbocycles. The molecule has 2 bridgehead atoms. The van der Waals surface area contributed by atoms with E-state index in [0.29, 0.717) is 18.1 Å². The summed E-state index contributed by atoms with van der Waals surface area (Å²) in [5, 5.41) is 4.14. The second-order valence-corrected chi connectivity index (χ2v) is 6.15. The first-order valence-corrected chi connectivity index (χ1v) is 7.19. The lowest BCUT2D eigenvalue weighted by atomic mass is 9.98. The summed E-state index contributed by atoms with van der Waals surface area (Å²) < 4.78 is 1.84. The van der Waals surface area contributed by atoms with Gasteiger partial charge in [-0.3, -0.25) is 4.79 Å². The van der Waals surface area contributed by atoms with Crippen LogP contribution in [0.1, 0.15) is 32.0 Å². The fourth-order valence-electron chi connectivity index (χ4n) is 4.72. The molecule has 4 atom stereocenters. The van der Waals surface area contributed by atoms with Crippen molar-refractivity contribution in [1.29, 1.82) is 0 Å². The predicted molar refractivity (Wildman–Crippen MR) is 65.7 cm³/mol. The van der Waals surface area contributed by atoms with E-state index in [2.05, 4.69) is 10.1 Å². The lowest BCUT2D eigenvalue weighted by Gasteiger charge is -2.07. The van der Waals surface area contributed by atoms with Gasteiger partial charge in [-0.1, -0.05) is 0 Å². The zero-order valence-corrected chi connectivity index (χ0v) is 10.7. The highest BCUT2D eigenvalue weighted by atomic mass is 16.1. The molecule has 4 nitrogen and oxygen atoms in total. The van der Waals surface area contributed by atoms with Crippen LogP contribution in [-0.2, 0) is 17.8 Å². The molecule has 0 aromatic carbocycles. The summed E-state index contributed by atoms with van der Waals surface area (Å²) in [5.41, 5.74) is 0. The third-order valence-electron chi connectivity index (χ3n) is 5.43. The van der Waals surface area contributed by atoms with Crippen LogP contribution in [-0.4, -0.2) is 20.5 Å². The Morgan fingerprint density at radius 1 is 1.39 bits per heavy atom. The first kappa shape index (κ1) is 10.7. The van der Waals surface area contributed by atoms with Gasteiger partial charge >= 0.3 is 0 Å². The number of carbonyl (C=O) groups is 1. The number of aryl methyl sites for hydroxylation is 1. The number of carbonyl (C=O) groups excluding carboxylic acids is 1. The Morgan fingerprint density at radius 2 is 2.11 bits per heavy atom. The van der Waals surface area contributed by atoms with Gasteiger partial charge in [0.2, 0.25) is 0 Å². The fourth-order valence-corrected chi connectivity index (χ4v) is 4.72. The first-order chi connectivity index (χ1) is 8.79. The van der Waals surface area contributed by atoms with Crippen molar-refractivity contribution in [3.05, 3.63) is 12.2 Å². The number of nitrogens with zero attached hydrogens (tertiary/aromatic N) is 3. The molecule has 4 unspecified atom stereocenters. The van der Waals surface area contributed by atoms with Crippen molar-refractivity contribution in [1.82, 2.24) is 14.8 Å². The molecular weight excluding hydrogens is 226 g/mol. The third kappa shape index (κ3) is 1.35. The average molecular weight is 245 g/mol. The molecule has 0 N–H and O–H groups in total. The number of ketones is 1. The second kappa shape index (κ2) is 3.65. The van der Waals surface area contributed by atoms with Crippen LogP contribution >= 0.6 is 0 Å². The van der Waals surface area contributed by atoms with Gasteiger partial charge in [-0.2, -0.15) is 5.10 Å². The Bertz CT molecular complexity index is 479. The number of Topliss-reactive ketones (excluding diaryl/α,β-unsaturated/α-hetero) is 1. The highest BCUT2D eigenvalue weighted by Gasteiger charge is 2.66. The molecule has 3 fully saturated rings. The van der Waals surface area contributed by atoms with Gasteiger partial charge in [0.15, 0.2) is 0 Å². The highest BCUT2D eigenvalue weighted by molar-refractivity contribution is 5.86. The van der Waals surface area contributed by atoms with Crippen LogP contribution in [0.2, 0.25) is 0 Å². The fraction of sp³-hybridized carbons (Fsp3) is 0.786. The predicted octanol–water partition coefficient (Wildman–Crippen LogP) is 1.70. The van der Waals surface area contributed by atoms with E-state index >= 15 is 0 Å². The normalized spacial score (nSPS) is 39.9. The summed E-state index contributed by atoms with van der Waals surface area (Å²) in [5.74, 6) is 4.88. The monoisotopic (exact) mass is 245 g/mol. The van der Waals surface area contributed by atoms with E-state index in [1.54, 1.807) is 6.33 Å². The van der Waals surface area contributed by atoms with Crippen molar-refractivity contribution >= 4 is 5.78 Å². The van der Waals surface area contributed by atoms with Crippen LogP contribution in [0.25, 0.3) is 0 Å². The van der Waals surface area contributed by atoms with Crippen molar-refractivity contribution in [2.75, 3.05) is 0 Å². The van der Waals surface area contributed by atoms with Crippen LogP contribution in [0.5, 0.6) is 0 Å². The standard InChI is InChI=1S/C14H19N3O/c1-2-17-11(15-7-16-17)6-10(18)14-12-8-3-4-9(5-8)13(12)14/h7-9,12-14H,2-6H2,1H3. The quantitative estimate of drug-likeness (QED) is 0.811. The van der Waals surface area contributed by atoms with E-state index in [4.69, 9.17) is 0 Å². The maximum Gasteiger partial charge on any atom is 0.144 e. The second-order valence-electron chi connectivity index (χ2n) is 6.15. The molecule has 1 aromatic heterocycles. The number of hydrogen-bond acceptors (Lipinski definition) is 3. The van der Waals surface area contributed by atoms with Gasteiger partial charge in [0.25, 0.3) is 0 Å². The topological polar surface area (TPSA) is 47.8 Å². The Morgan fingerprint density at radius 3 is 2.78 bits per heavy atom. The van der Waals surface area contributed by atoms with Gasteiger partial charge in [-0.05, 0) is 49.9 Å². The van der Waals surface area contributed by atoms with Gasteiger partial charge in [0.1, 0.15) is 17.9 Å². The number of aromatic nitrogens is 3. The Hall–Kier alpha value is -1.19. The molecule has 0 radical (unpaired) electrons. The van der Waals surface area contributed by atoms with E-state index in [1.807, 2.05) is 11.6 Å². The number of fused-ring (bicyclic) bond motifs is 5. The summed E-state index contributed by atoms with van der Waals surface area (Å²) in [4.78, 5) is 16.6. The SMILES string of the molecule is CCn1ncnc1CC(=O)C1C2C3CCC(C3)C12.